The van der Waals surface area contributed by atoms with Gasteiger partial charge < -0.3 is 9.30 Å². The molecule has 1 aromatic heterocycles. The van der Waals surface area contributed by atoms with Gasteiger partial charge in [0.2, 0.25) is 0 Å². The average Bonchev–Trinajstić information content (AvgIpc) is 2.98. The van der Waals surface area contributed by atoms with Gasteiger partial charge in [-0.3, -0.25) is 4.79 Å². The monoisotopic (exact) mass is 372 g/mol. The highest BCUT2D eigenvalue weighted by atomic mass is 32.2. The van der Waals surface area contributed by atoms with Crippen LogP contribution < -0.4 is 9.54 Å². The minimum atomic E-state index is -0.205. The van der Waals surface area contributed by atoms with Gasteiger partial charge in [0, 0.05) is 11.4 Å². The van der Waals surface area contributed by atoms with Crippen LogP contribution in [-0.2, 0) is 6.54 Å². The van der Waals surface area contributed by atoms with Gasteiger partial charge in [-0.25, -0.2) is 0 Å². The molecule has 2 aromatic carbocycles. The van der Waals surface area contributed by atoms with E-state index in [0.717, 1.165) is 27.4 Å². The van der Waals surface area contributed by atoms with E-state index in [9.17, 15) is 4.79 Å². The fourth-order valence-corrected chi connectivity index (χ4v) is 4.38. The summed E-state index contributed by atoms with van der Waals surface area (Å²) in [5, 5.41) is 0. The van der Waals surface area contributed by atoms with E-state index in [-0.39, 0.29) is 5.91 Å². The normalized spacial score (nSPS) is 11.9. The van der Waals surface area contributed by atoms with Crippen molar-refractivity contribution in [2.45, 2.75) is 25.3 Å². The van der Waals surface area contributed by atoms with Gasteiger partial charge in [-0.1, -0.05) is 23.5 Å². The maximum absolute atomic E-state index is 12.7. The second kappa shape index (κ2) is 7.89. The number of aryl methyl sites for hydroxylation is 1. The Morgan fingerprint density at radius 2 is 2.04 bits per heavy atom. The van der Waals surface area contributed by atoms with Crippen molar-refractivity contribution in [1.29, 1.82) is 0 Å². The molecule has 130 valence electrons. The van der Waals surface area contributed by atoms with Gasteiger partial charge in [-0.2, -0.15) is 4.99 Å². The quantitative estimate of drug-likeness (QED) is 0.616. The first kappa shape index (κ1) is 17.8. The van der Waals surface area contributed by atoms with Crippen molar-refractivity contribution in [2.75, 3.05) is 12.9 Å². The van der Waals surface area contributed by atoms with Gasteiger partial charge >= 0.3 is 0 Å². The minimum absolute atomic E-state index is 0.205. The van der Waals surface area contributed by atoms with Crippen molar-refractivity contribution in [3.63, 3.8) is 0 Å². The molecule has 0 radical (unpaired) electrons. The number of fused-ring (bicyclic) bond motifs is 1. The summed E-state index contributed by atoms with van der Waals surface area (Å²) in [5.41, 5.74) is 1.71. The summed E-state index contributed by atoms with van der Waals surface area (Å²) in [5.74, 6) is 0.633. The van der Waals surface area contributed by atoms with Gasteiger partial charge in [0.15, 0.2) is 4.80 Å². The van der Waals surface area contributed by atoms with Crippen LogP contribution in [0, 0.1) is 0 Å². The van der Waals surface area contributed by atoms with Gasteiger partial charge in [-0.05, 0) is 50.4 Å². The third-order valence-corrected chi connectivity index (χ3v) is 5.65. The molecule has 0 atom stereocenters. The van der Waals surface area contributed by atoms with Crippen LogP contribution in [0.5, 0.6) is 5.75 Å². The molecule has 1 heterocycles. The van der Waals surface area contributed by atoms with Gasteiger partial charge in [0.1, 0.15) is 5.75 Å². The van der Waals surface area contributed by atoms with Crippen LogP contribution in [0.1, 0.15) is 24.2 Å². The molecule has 0 unspecified atom stereocenters. The van der Waals surface area contributed by atoms with Crippen LogP contribution in [0.2, 0.25) is 0 Å². The number of carbonyl (C=O) groups is 1. The zero-order valence-electron chi connectivity index (χ0n) is 14.5. The Bertz CT molecular complexity index is 973. The van der Waals surface area contributed by atoms with Crippen molar-refractivity contribution < 1.29 is 9.53 Å². The predicted octanol–water partition coefficient (Wildman–Crippen LogP) is 4.58. The van der Waals surface area contributed by atoms with Crippen LogP contribution in [0.3, 0.4) is 0 Å². The molecule has 0 aliphatic rings. The summed E-state index contributed by atoms with van der Waals surface area (Å²) in [6.45, 7) is 5.41. The molecule has 0 N–H and O–H groups in total. The van der Waals surface area contributed by atoms with Crippen molar-refractivity contribution >= 4 is 39.2 Å². The molecular formula is C19H20N2O2S2. The second-order valence-electron chi connectivity index (χ2n) is 5.31. The molecule has 0 aliphatic carbocycles. The number of rotatable bonds is 5. The number of nitrogens with zero attached hydrogens (tertiary/aromatic N) is 2. The molecule has 0 saturated carbocycles. The standard InChI is InChI=1S/C19H20N2O2S2/c1-4-21-15-11-10-13(23-5-2)12-17(15)25-19(21)20-18(22)14-8-6-7-9-16(14)24-3/h6-12H,4-5H2,1-3H3. The van der Waals surface area contributed by atoms with E-state index < -0.39 is 0 Å². The fourth-order valence-electron chi connectivity index (χ4n) is 2.67. The molecule has 3 aromatic rings. The third-order valence-electron chi connectivity index (χ3n) is 3.82. The first-order chi connectivity index (χ1) is 12.2. The van der Waals surface area contributed by atoms with Crippen LogP contribution in [0.4, 0.5) is 0 Å². The summed E-state index contributed by atoms with van der Waals surface area (Å²) < 4.78 is 8.71. The summed E-state index contributed by atoms with van der Waals surface area (Å²) in [6, 6.07) is 13.6. The number of carbonyl (C=O) groups excluding carboxylic acids is 1. The molecule has 25 heavy (non-hydrogen) atoms. The van der Waals surface area contributed by atoms with Crippen LogP contribution in [0.15, 0.2) is 52.4 Å². The Hall–Kier alpha value is -2.05. The summed E-state index contributed by atoms with van der Waals surface area (Å²) in [6.07, 6.45) is 1.97. The molecule has 0 fully saturated rings. The molecule has 4 nitrogen and oxygen atoms in total. The van der Waals surface area contributed by atoms with Crippen LogP contribution in [0.25, 0.3) is 10.2 Å². The van der Waals surface area contributed by atoms with E-state index in [2.05, 4.69) is 16.5 Å². The Labute approximate surface area is 155 Å². The van der Waals surface area contributed by atoms with E-state index in [1.165, 1.54) is 11.3 Å². The maximum Gasteiger partial charge on any atom is 0.280 e. The molecule has 0 spiro atoms. The average molecular weight is 373 g/mol. The lowest BCUT2D eigenvalue weighted by molar-refractivity contribution is 0.0995. The number of hydrogen-bond donors (Lipinski definition) is 0. The number of amides is 1. The van der Waals surface area contributed by atoms with Crippen molar-refractivity contribution in [3.8, 4) is 5.75 Å². The van der Waals surface area contributed by atoms with E-state index in [4.69, 9.17) is 4.74 Å². The molecular weight excluding hydrogens is 352 g/mol. The predicted molar refractivity (Wildman–Crippen MR) is 105 cm³/mol. The van der Waals surface area contributed by atoms with Crippen LogP contribution in [-0.4, -0.2) is 23.3 Å². The number of aromatic nitrogens is 1. The highest BCUT2D eigenvalue weighted by Gasteiger charge is 2.12. The zero-order valence-corrected chi connectivity index (χ0v) is 16.1. The smallest absolute Gasteiger partial charge is 0.280 e. The van der Waals surface area contributed by atoms with Gasteiger partial charge in [0.25, 0.3) is 5.91 Å². The van der Waals surface area contributed by atoms with E-state index in [1.54, 1.807) is 11.8 Å². The molecule has 0 aliphatic heterocycles. The largest absolute Gasteiger partial charge is 0.494 e. The van der Waals surface area contributed by atoms with Gasteiger partial charge in [0.05, 0.1) is 22.4 Å². The van der Waals surface area contributed by atoms with Crippen molar-refractivity contribution in [3.05, 3.63) is 52.8 Å². The van der Waals surface area contributed by atoms with Crippen molar-refractivity contribution in [2.24, 2.45) is 4.99 Å². The maximum atomic E-state index is 12.7. The van der Waals surface area contributed by atoms with E-state index >= 15 is 0 Å². The lowest BCUT2D eigenvalue weighted by Gasteiger charge is -2.04. The number of ether oxygens (including phenoxy) is 1. The van der Waals surface area contributed by atoms with Gasteiger partial charge in [-0.15, -0.1) is 11.8 Å². The summed E-state index contributed by atoms with van der Waals surface area (Å²) in [4.78, 5) is 18.8. The third kappa shape index (κ3) is 3.65. The molecule has 6 heteroatoms. The molecule has 0 bridgehead atoms. The summed E-state index contributed by atoms with van der Waals surface area (Å²) >= 11 is 3.07. The molecule has 3 rings (SSSR count). The Kier molecular flexibility index (Phi) is 5.60. The van der Waals surface area contributed by atoms with E-state index in [1.807, 2.05) is 55.6 Å². The SMILES string of the molecule is CCOc1ccc2c(c1)sc(=NC(=O)c1ccccc1SC)n2CC. The topological polar surface area (TPSA) is 43.6 Å². The highest BCUT2D eigenvalue weighted by molar-refractivity contribution is 7.98. The van der Waals surface area contributed by atoms with Crippen molar-refractivity contribution in [1.82, 2.24) is 4.57 Å². The first-order valence-electron chi connectivity index (χ1n) is 8.16. The highest BCUT2D eigenvalue weighted by Crippen LogP contribution is 2.24. The molecule has 1 amide bonds. The lowest BCUT2D eigenvalue weighted by atomic mass is 10.2. The number of thiazole rings is 1. The fraction of sp³-hybridized carbons (Fsp3) is 0.263. The second-order valence-corrected chi connectivity index (χ2v) is 7.17. The number of thioether (sulfide) groups is 1. The number of hydrogen-bond acceptors (Lipinski definition) is 4. The van der Waals surface area contributed by atoms with E-state index in [0.29, 0.717) is 17.0 Å². The Morgan fingerprint density at radius 1 is 1.24 bits per heavy atom. The summed E-state index contributed by atoms with van der Waals surface area (Å²) in [7, 11) is 0. The minimum Gasteiger partial charge on any atom is -0.494 e. The Morgan fingerprint density at radius 3 is 2.76 bits per heavy atom. The zero-order chi connectivity index (χ0) is 17.8. The lowest BCUT2D eigenvalue weighted by Crippen LogP contribution is -2.16. The number of benzene rings is 2. The Balaban J connectivity index is 2.10. The molecule has 0 saturated heterocycles. The van der Waals surface area contributed by atoms with Crippen LogP contribution >= 0.6 is 23.1 Å². The first-order valence-corrected chi connectivity index (χ1v) is 10.2.